The van der Waals surface area contributed by atoms with Crippen molar-refractivity contribution in [2.45, 2.75) is 45.3 Å². The predicted molar refractivity (Wildman–Crippen MR) is 51.6 cm³/mol. The number of aldehydes is 1. The molecule has 0 amide bonds. The molecule has 1 aliphatic rings. The normalized spacial score (nSPS) is 33.1. The van der Waals surface area contributed by atoms with Gasteiger partial charge >= 0.3 is 0 Å². The molecule has 0 aromatic heterocycles. The van der Waals surface area contributed by atoms with Crippen molar-refractivity contribution in [2.75, 3.05) is 7.11 Å². The van der Waals surface area contributed by atoms with Crippen molar-refractivity contribution in [3.05, 3.63) is 0 Å². The molecule has 2 unspecified atom stereocenters. The molecule has 1 heterocycles. The average molecular weight is 188 g/mol. The van der Waals surface area contributed by atoms with Crippen LogP contribution in [0.15, 0.2) is 0 Å². The summed E-state index contributed by atoms with van der Waals surface area (Å²) in [6.07, 6.45) is 4.55. The third-order valence-corrected chi connectivity index (χ3v) is 2.45. The monoisotopic (exact) mass is 188 g/mol. The number of aliphatic hydroxyl groups excluding tert-OH is 1. The lowest BCUT2D eigenvalue weighted by Gasteiger charge is -2.32. The summed E-state index contributed by atoms with van der Waals surface area (Å²) in [6, 6.07) is 0. The molecular formula is C10H20O3. The van der Waals surface area contributed by atoms with Crippen LogP contribution >= 0.6 is 0 Å². The predicted octanol–water partition coefficient (Wildman–Crippen LogP) is 1.39. The molecule has 3 heteroatoms. The van der Waals surface area contributed by atoms with Crippen LogP contribution < -0.4 is 0 Å². The minimum absolute atomic E-state index is 0.268. The minimum Gasteiger partial charge on any atom is -0.400 e. The second-order valence-corrected chi connectivity index (χ2v) is 3.39. The van der Waals surface area contributed by atoms with Crippen LogP contribution in [0.25, 0.3) is 0 Å². The van der Waals surface area contributed by atoms with Gasteiger partial charge in [-0.05, 0) is 32.6 Å². The Balaban J connectivity index is 0.000000671. The van der Waals surface area contributed by atoms with Crippen LogP contribution in [0, 0.1) is 5.92 Å². The third kappa shape index (κ3) is 4.39. The van der Waals surface area contributed by atoms with Gasteiger partial charge in [-0.25, -0.2) is 0 Å². The van der Waals surface area contributed by atoms with Crippen molar-refractivity contribution in [2.24, 2.45) is 5.92 Å². The molecule has 1 rings (SSSR count). The van der Waals surface area contributed by atoms with Crippen molar-refractivity contribution < 1.29 is 14.6 Å². The Morgan fingerprint density at radius 2 is 2.00 bits per heavy atom. The first-order valence-electron chi connectivity index (χ1n) is 4.78. The lowest BCUT2D eigenvalue weighted by atomic mass is 9.91. The van der Waals surface area contributed by atoms with Gasteiger partial charge in [0.1, 0.15) is 6.29 Å². The van der Waals surface area contributed by atoms with E-state index in [1.165, 1.54) is 0 Å². The highest BCUT2D eigenvalue weighted by atomic mass is 16.5. The third-order valence-electron chi connectivity index (χ3n) is 2.45. The van der Waals surface area contributed by atoms with Crippen molar-refractivity contribution in [1.82, 2.24) is 0 Å². The Morgan fingerprint density at radius 1 is 1.38 bits per heavy atom. The van der Waals surface area contributed by atoms with E-state index in [0.717, 1.165) is 26.2 Å². The van der Waals surface area contributed by atoms with Crippen LogP contribution in [-0.2, 0) is 9.53 Å². The fourth-order valence-electron chi connectivity index (χ4n) is 1.66. The maximum atomic E-state index is 10.2. The maximum Gasteiger partial charge on any atom is 0.120 e. The number of rotatable bonds is 2. The number of hydrogen-bond acceptors (Lipinski definition) is 3. The first kappa shape index (κ1) is 12.6. The van der Waals surface area contributed by atoms with Crippen molar-refractivity contribution in [3.63, 3.8) is 0 Å². The number of carbonyl (C=O) groups excluding carboxylic acids is 1. The Bertz CT molecular complexity index is 136. The van der Waals surface area contributed by atoms with E-state index >= 15 is 0 Å². The Hall–Kier alpha value is -0.410. The molecule has 0 bridgehead atoms. The van der Waals surface area contributed by atoms with Gasteiger partial charge in [0.05, 0.1) is 12.2 Å². The summed E-state index contributed by atoms with van der Waals surface area (Å²) >= 11 is 0. The summed E-state index contributed by atoms with van der Waals surface area (Å²) in [5.74, 6) is 0.462. The number of hydrogen-bond donors (Lipinski definition) is 1. The SMILES string of the molecule is CC1CCC(CC=O)[C@H](C)O1.CO. The fraction of sp³-hybridized carbons (Fsp3) is 0.900. The number of carbonyl (C=O) groups is 1. The molecule has 1 N–H and O–H groups in total. The van der Waals surface area contributed by atoms with Gasteiger partial charge in [-0.15, -0.1) is 0 Å². The van der Waals surface area contributed by atoms with Crippen LogP contribution in [-0.4, -0.2) is 30.7 Å². The van der Waals surface area contributed by atoms with E-state index in [2.05, 4.69) is 13.8 Å². The summed E-state index contributed by atoms with van der Waals surface area (Å²) in [7, 11) is 1.00. The lowest BCUT2D eigenvalue weighted by Crippen LogP contribution is -2.31. The molecule has 0 spiro atoms. The van der Waals surface area contributed by atoms with E-state index in [4.69, 9.17) is 9.84 Å². The number of aliphatic hydroxyl groups is 1. The van der Waals surface area contributed by atoms with E-state index < -0.39 is 0 Å². The standard InChI is InChI=1S/C9H16O2.CH4O/c1-7-3-4-9(5-6-10)8(2)11-7;1-2/h6-9H,3-5H2,1-2H3;2H,1H3/t7?,8-,9?;/m0./s1. The van der Waals surface area contributed by atoms with E-state index in [9.17, 15) is 4.79 Å². The molecule has 13 heavy (non-hydrogen) atoms. The molecule has 1 fully saturated rings. The Labute approximate surface area is 80.1 Å². The first-order valence-corrected chi connectivity index (χ1v) is 4.78. The van der Waals surface area contributed by atoms with Gasteiger partial charge in [0.15, 0.2) is 0 Å². The quantitative estimate of drug-likeness (QED) is 0.666. The smallest absolute Gasteiger partial charge is 0.120 e. The van der Waals surface area contributed by atoms with Crippen molar-refractivity contribution >= 4 is 6.29 Å². The molecule has 1 aliphatic heterocycles. The van der Waals surface area contributed by atoms with Crippen LogP contribution in [0.5, 0.6) is 0 Å². The van der Waals surface area contributed by atoms with Gasteiger partial charge < -0.3 is 14.6 Å². The summed E-state index contributed by atoms with van der Waals surface area (Å²) in [5.41, 5.74) is 0. The van der Waals surface area contributed by atoms with Crippen LogP contribution in [0.2, 0.25) is 0 Å². The average Bonchev–Trinajstić information content (AvgIpc) is 2.14. The minimum atomic E-state index is 0.268. The van der Waals surface area contributed by atoms with Crippen molar-refractivity contribution in [1.29, 1.82) is 0 Å². The summed E-state index contributed by atoms with van der Waals surface area (Å²) in [6.45, 7) is 4.15. The van der Waals surface area contributed by atoms with Gasteiger partial charge in [0, 0.05) is 13.5 Å². The van der Waals surface area contributed by atoms with Gasteiger partial charge in [-0.1, -0.05) is 0 Å². The van der Waals surface area contributed by atoms with Gasteiger partial charge in [-0.3, -0.25) is 0 Å². The molecule has 78 valence electrons. The topological polar surface area (TPSA) is 46.5 Å². The first-order chi connectivity index (χ1) is 6.24. The largest absolute Gasteiger partial charge is 0.400 e. The van der Waals surface area contributed by atoms with Gasteiger partial charge in [0.2, 0.25) is 0 Å². The van der Waals surface area contributed by atoms with Gasteiger partial charge in [0.25, 0.3) is 0 Å². The summed E-state index contributed by atoms with van der Waals surface area (Å²) in [5, 5.41) is 7.00. The van der Waals surface area contributed by atoms with E-state index in [1.54, 1.807) is 0 Å². The molecular weight excluding hydrogens is 168 g/mol. The highest BCUT2D eigenvalue weighted by Gasteiger charge is 2.24. The molecule has 3 atom stereocenters. The van der Waals surface area contributed by atoms with Crippen LogP contribution in [0.1, 0.15) is 33.1 Å². The zero-order valence-electron chi connectivity index (χ0n) is 8.69. The number of ether oxygens (including phenoxy) is 1. The van der Waals surface area contributed by atoms with Gasteiger partial charge in [-0.2, -0.15) is 0 Å². The molecule has 3 nitrogen and oxygen atoms in total. The Kier molecular flexibility index (Phi) is 6.82. The molecule has 1 saturated heterocycles. The summed E-state index contributed by atoms with van der Waals surface area (Å²) < 4.78 is 5.59. The zero-order valence-corrected chi connectivity index (χ0v) is 8.69. The second kappa shape index (κ2) is 7.04. The van der Waals surface area contributed by atoms with E-state index in [1.807, 2.05) is 0 Å². The van der Waals surface area contributed by atoms with Crippen LogP contribution in [0.4, 0.5) is 0 Å². The molecule has 0 aliphatic carbocycles. The summed E-state index contributed by atoms with van der Waals surface area (Å²) in [4.78, 5) is 10.2. The highest BCUT2D eigenvalue weighted by molar-refractivity contribution is 5.49. The van der Waals surface area contributed by atoms with Crippen molar-refractivity contribution in [3.8, 4) is 0 Å². The molecule has 0 saturated carbocycles. The van der Waals surface area contributed by atoms with E-state index in [0.29, 0.717) is 18.4 Å². The maximum absolute atomic E-state index is 10.2. The van der Waals surface area contributed by atoms with Crippen LogP contribution in [0.3, 0.4) is 0 Å². The fourth-order valence-corrected chi connectivity index (χ4v) is 1.66. The van der Waals surface area contributed by atoms with E-state index in [-0.39, 0.29) is 6.10 Å². The molecule has 0 radical (unpaired) electrons. The Morgan fingerprint density at radius 3 is 2.46 bits per heavy atom. The zero-order chi connectivity index (χ0) is 10.3. The molecule has 0 aromatic carbocycles. The lowest BCUT2D eigenvalue weighted by molar-refractivity contribution is -0.113. The highest BCUT2D eigenvalue weighted by Crippen LogP contribution is 2.26. The molecule has 0 aromatic rings. The second-order valence-electron chi connectivity index (χ2n) is 3.39.